The highest BCUT2D eigenvalue weighted by Gasteiger charge is 2.11. The molecular weight excluding hydrogens is 284 g/mol. The average molecular weight is 297 g/mol. The van der Waals surface area contributed by atoms with E-state index < -0.39 is 5.97 Å². The maximum absolute atomic E-state index is 11.0. The van der Waals surface area contributed by atoms with E-state index in [1.807, 2.05) is 60.7 Å². The van der Waals surface area contributed by atoms with Crippen LogP contribution in [-0.2, 0) is 11.2 Å². The summed E-state index contributed by atoms with van der Waals surface area (Å²) in [5.41, 5.74) is 2.79. The molecule has 0 heterocycles. The van der Waals surface area contributed by atoms with E-state index in [-0.39, 0.29) is 6.42 Å². The molecule has 0 aliphatic rings. The van der Waals surface area contributed by atoms with Crippen LogP contribution < -0.4 is 0 Å². The molecule has 104 valence electrons. The molecule has 0 aliphatic heterocycles. The number of halogens is 1. The van der Waals surface area contributed by atoms with E-state index in [9.17, 15) is 4.79 Å². The van der Waals surface area contributed by atoms with Crippen LogP contribution in [0.5, 0.6) is 0 Å². The monoisotopic (exact) mass is 296 g/mol. The van der Waals surface area contributed by atoms with E-state index >= 15 is 0 Å². The average Bonchev–Trinajstić information content (AvgIpc) is 2.48. The van der Waals surface area contributed by atoms with Gasteiger partial charge < -0.3 is 5.11 Å². The zero-order valence-corrected chi connectivity index (χ0v) is 12.0. The van der Waals surface area contributed by atoms with Gasteiger partial charge in [0.2, 0.25) is 0 Å². The van der Waals surface area contributed by atoms with Gasteiger partial charge in [-0.15, -0.1) is 0 Å². The zero-order valence-electron chi connectivity index (χ0n) is 11.2. The minimum Gasteiger partial charge on any atom is -0.481 e. The van der Waals surface area contributed by atoms with Gasteiger partial charge in [0.25, 0.3) is 0 Å². The Morgan fingerprint density at radius 3 is 2.24 bits per heavy atom. The van der Waals surface area contributed by atoms with Gasteiger partial charge in [0.15, 0.2) is 0 Å². The Labute approximate surface area is 127 Å². The minimum atomic E-state index is -0.828. The van der Waals surface area contributed by atoms with Crippen LogP contribution >= 0.6 is 11.6 Å². The summed E-state index contributed by atoms with van der Waals surface area (Å²) in [4.78, 5) is 11.0. The van der Waals surface area contributed by atoms with Crippen LogP contribution in [0, 0.1) is 0 Å². The quantitative estimate of drug-likeness (QED) is 0.754. The molecule has 0 amide bonds. The first-order chi connectivity index (χ1) is 10.2. The van der Waals surface area contributed by atoms with Gasteiger partial charge >= 0.3 is 5.97 Å². The second kappa shape index (κ2) is 5.58. The molecule has 0 saturated heterocycles. The lowest BCUT2D eigenvalue weighted by Crippen LogP contribution is -2.01. The van der Waals surface area contributed by atoms with Gasteiger partial charge in [-0.05, 0) is 28.0 Å². The molecule has 0 aliphatic carbocycles. The summed E-state index contributed by atoms with van der Waals surface area (Å²) in [6.45, 7) is 0. The fourth-order valence-electron chi connectivity index (χ4n) is 2.59. The van der Waals surface area contributed by atoms with Gasteiger partial charge in [-0.2, -0.15) is 0 Å². The molecule has 0 atom stereocenters. The lowest BCUT2D eigenvalue weighted by Gasteiger charge is -2.11. The summed E-state index contributed by atoms with van der Waals surface area (Å²) >= 11 is 6.29. The fraction of sp³-hybridized carbons (Fsp3) is 0.0556. The predicted molar refractivity (Wildman–Crippen MR) is 85.7 cm³/mol. The molecule has 21 heavy (non-hydrogen) atoms. The number of hydrogen-bond acceptors (Lipinski definition) is 1. The predicted octanol–water partition coefficient (Wildman–Crippen LogP) is 4.79. The first kappa shape index (κ1) is 13.7. The molecule has 0 spiro atoms. The number of carbonyl (C=O) groups is 1. The van der Waals surface area contributed by atoms with Crippen molar-refractivity contribution >= 4 is 28.3 Å². The first-order valence-corrected chi connectivity index (χ1v) is 7.02. The van der Waals surface area contributed by atoms with Crippen molar-refractivity contribution in [3.63, 3.8) is 0 Å². The van der Waals surface area contributed by atoms with Crippen LogP contribution in [0.2, 0.25) is 5.02 Å². The van der Waals surface area contributed by atoms with Gasteiger partial charge in [-0.3, -0.25) is 4.79 Å². The second-order valence-corrected chi connectivity index (χ2v) is 5.28. The molecular formula is C18H13ClO2. The Kier molecular flexibility index (Phi) is 3.63. The first-order valence-electron chi connectivity index (χ1n) is 6.64. The van der Waals surface area contributed by atoms with Gasteiger partial charge in [0, 0.05) is 10.6 Å². The molecule has 2 nitrogen and oxygen atoms in total. The summed E-state index contributed by atoms with van der Waals surface area (Å²) in [6.07, 6.45) is 0.0172. The van der Waals surface area contributed by atoms with Crippen molar-refractivity contribution < 1.29 is 9.90 Å². The number of hydrogen-bond donors (Lipinski definition) is 1. The van der Waals surface area contributed by atoms with Crippen LogP contribution in [0.3, 0.4) is 0 Å². The van der Waals surface area contributed by atoms with Crippen LogP contribution in [0.1, 0.15) is 5.56 Å². The summed E-state index contributed by atoms with van der Waals surface area (Å²) in [5.74, 6) is -0.828. The van der Waals surface area contributed by atoms with Crippen LogP contribution in [0.4, 0.5) is 0 Å². The number of carboxylic acid groups (broad SMARTS) is 1. The normalized spacial score (nSPS) is 10.7. The number of rotatable bonds is 3. The zero-order chi connectivity index (χ0) is 14.8. The Balaban J connectivity index is 2.27. The van der Waals surface area contributed by atoms with E-state index in [1.54, 1.807) is 0 Å². The van der Waals surface area contributed by atoms with E-state index in [4.69, 9.17) is 16.7 Å². The summed E-state index contributed by atoms with van der Waals surface area (Å²) in [7, 11) is 0. The fourth-order valence-corrected chi connectivity index (χ4v) is 2.83. The lowest BCUT2D eigenvalue weighted by molar-refractivity contribution is -0.136. The van der Waals surface area contributed by atoms with Crippen molar-refractivity contribution in [2.24, 2.45) is 0 Å². The third-order valence-electron chi connectivity index (χ3n) is 3.52. The van der Waals surface area contributed by atoms with Crippen molar-refractivity contribution in [3.05, 3.63) is 71.2 Å². The minimum absolute atomic E-state index is 0.0172. The number of benzene rings is 3. The molecule has 0 fully saturated rings. The number of aliphatic carboxylic acids is 1. The molecule has 1 N–H and O–H groups in total. The van der Waals surface area contributed by atoms with Crippen molar-refractivity contribution in [3.8, 4) is 11.1 Å². The molecule has 0 aromatic heterocycles. The van der Waals surface area contributed by atoms with Crippen molar-refractivity contribution in [2.45, 2.75) is 6.42 Å². The highest BCUT2D eigenvalue weighted by atomic mass is 35.5. The maximum atomic E-state index is 11.0. The number of carboxylic acids is 1. The van der Waals surface area contributed by atoms with Crippen LogP contribution in [0.25, 0.3) is 21.9 Å². The van der Waals surface area contributed by atoms with Gasteiger partial charge in [-0.25, -0.2) is 0 Å². The molecule has 0 unspecified atom stereocenters. The lowest BCUT2D eigenvalue weighted by atomic mass is 9.94. The van der Waals surface area contributed by atoms with Crippen molar-refractivity contribution in [2.75, 3.05) is 0 Å². The third-order valence-corrected chi connectivity index (χ3v) is 3.85. The molecule has 3 aromatic carbocycles. The Morgan fingerprint density at radius 1 is 0.857 bits per heavy atom. The summed E-state index contributed by atoms with van der Waals surface area (Å²) < 4.78 is 0. The summed E-state index contributed by atoms with van der Waals surface area (Å²) in [6, 6.07) is 19.3. The van der Waals surface area contributed by atoms with E-state index in [1.165, 1.54) is 0 Å². The summed E-state index contributed by atoms with van der Waals surface area (Å²) in [5, 5.41) is 11.7. The number of fused-ring (bicyclic) bond motifs is 1. The van der Waals surface area contributed by atoms with Gasteiger partial charge in [0.1, 0.15) is 0 Å². The highest BCUT2D eigenvalue weighted by molar-refractivity contribution is 6.33. The molecule has 3 heteroatoms. The molecule has 3 rings (SSSR count). The second-order valence-electron chi connectivity index (χ2n) is 4.87. The highest BCUT2D eigenvalue weighted by Crippen LogP contribution is 2.34. The van der Waals surface area contributed by atoms with E-state index in [0.717, 1.165) is 27.5 Å². The molecule has 0 saturated carbocycles. The largest absolute Gasteiger partial charge is 0.481 e. The smallest absolute Gasteiger partial charge is 0.307 e. The molecule has 3 aromatic rings. The van der Waals surface area contributed by atoms with Crippen molar-refractivity contribution in [1.29, 1.82) is 0 Å². The van der Waals surface area contributed by atoms with E-state index in [0.29, 0.717) is 5.02 Å². The molecule has 0 radical (unpaired) electrons. The van der Waals surface area contributed by atoms with Crippen LogP contribution in [-0.4, -0.2) is 11.1 Å². The Morgan fingerprint density at radius 2 is 1.52 bits per heavy atom. The Bertz CT molecular complexity index is 824. The molecule has 0 bridgehead atoms. The third kappa shape index (κ3) is 2.63. The van der Waals surface area contributed by atoms with Crippen LogP contribution in [0.15, 0.2) is 60.7 Å². The standard InChI is InChI=1S/C18H13ClO2/c19-17-8-4-3-7-16(17)15-10-9-12(11-18(20)21)13-5-1-2-6-14(13)15/h1-10H,11H2,(H,20,21). The van der Waals surface area contributed by atoms with Crippen molar-refractivity contribution in [1.82, 2.24) is 0 Å². The van der Waals surface area contributed by atoms with Gasteiger partial charge in [0.05, 0.1) is 6.42 Å². The Hall–Kier alpha value is -2.32. The maximum Gasteiger partial charge on any atom is 0.307 e. The topological polar surface area (TPSA) is 37.3 Å². The SMILES string of the molecule is O=C(O)Cc1ccc(-c2ccccc2Cl)c2ccccc12. The van der Waals surface area contributed by atoms with Gasteiger partial charge in [-0.1, -0.05) is 66.2 Å². The van der Waals surface area contributed by atoms with E-state index in [2.05, 4.69) is 0 Å².